The van der Waals surface area contributed by atoms with Crippen molar-refractivity contribution in [1.82, 2.24) is 16.0 Å². The van der Waals surface area contributed by atoms with Crippen molar-refractivity contribution >= 4 is 27.9 Å². The molecule has 0 unspecified atom stereocenters. The van der Waals surface area contributed by atoms with Crippen molar-refractivity contribution in [3.8, 4) is 0 Å². The number of amides is 3. The molecule has 2 rings (SSSR count). The summed E-state index contributed by atoms with van der Waals surface area (Å²) in [6.07, 6.45) is 0. The van der Waals surface area contributed by atoms with Crippen LogP contribution in [0.15, 0.2) is 22.7 Å². The fraction of sp³-hybridized carbons (Fsp3) is 0.273. The summed E-state index contributed by atoms with van der Waals surface area (Å²) >= 11 is 3.17. The van der Waals surface area contributed by atoms with Gasteiger partial charge in [0.25, 0.3) is 0 Å². The second-order valence-corrected chi connectivity index (χ2v) is 4.82. The highest BCUT2D eigenvalue weighted by Crippen LogP contribution is 2.14. The molecule has 0 radical (unpaired) electrons. The fourth-order valence-corrected chi connectivity index (χ4v) is 2.15. The number of rotatable bonds is 3. The van der Waals surface area contributed by atoms with Gasteiger partial charge in [0.2, 0.25) is 5.91 Å². The first-order valence-electron chi connectivity index (χ1n) is 5.31. The van der Waals surface area contributed by atoms with E-state index in [9.17, 15) is 14.0 Å². The van der Waals surface area contributed by atoms with Crippen LogP contribution in [-0.4, -0.2) is 24.5 Å². The smallest absolute Gasteiger partial charge is 0.315 e. The second kappa shape index (κ2) is 5.34. The number of carbonyl (C=O) groups excluding carboxylic acids is 2. The van der Waals surface area contributed by atoms with Crippen molar-refractivity contribution in [1.29, 1.82) is 0 Å². The van der Waals surface area contributed by atoms with Crippen LogP contribution in [0.5, 0.6) is 0 Å². The Morgan fingerprint density at radius 2 is 2.28 bits per heavy atom. The van der Waals surface area contributed by atoms with Crippen LogP contribution in [0.3, 0.4) is 0 Å². The molecule has 0 aromatic heterocycles. The van der Waals surface area contributed by atoms with Crippen LogP contribution in [0.2, 0.25) is 0 Å². The van der Waals surface area contributed by atoms with E-state index in [2.05, 4.69) is 31.9 Å². The van der Waals surface area contributed by atoms with Crippen molar-refractivity contribution in [2.24, 2.45) is 0 Å². The van der Waals surface area contributed by atoms with Gasteiger partial charge < -0.3 is 16.0 Å². The first-order chi connectivity index (χ1) is 8.54. The van der Waals surface area contributed by atoms with Crippen LogP contribution in [0, 0.1) is 5.82 Å². The summed E-state index contributed by atoms with van der Waals surface area (Å²) in [7, 11) is 0. The monoisotopic (exact) mass is 315 g/mol. The minimum atomic E-state index is -0.575. The number of hydrogen-bond donors (Lipinski definition) is 3. The van der Waals surface area contributed by atoms with Crippen LogP contribution in [0.4, 0.5) is 9.18 Å². The van der Waals surface area contributed by atoms with Gasteiger partial charge >= 0.3 is 6.03 Å². The Balaban J connectivity index is 1.91. The quantitative estimate of drug-likeness (QED) is 0.775. The van der Waals surface area contributed by atoms with E-state index in [4.69, 9.17) is 0 Å². The Kier molecular flexibility index (Phi) is 3.81. The molecule has 5 nitrogen and oxygen atoms in total. The summed E-state index contributed by atoms with van der Waals surface area (Å²) in [5.74, 6) is -0.668. The standard InChI is InChI=1S/C11H11BrFN3O2/c12-7-1-6(2-8(13)3-7)4-14-10(17)9-5-15-11(18)16-9/h1-3,9H,4-5H2,(H,14,17)(H2,15,16,18)/t9-/m0/s1. The molecule has 1 heterocycles. The number of nitrogens with one attached hydrogen (secondary N) is 3. The Hall–Kier alpha value is -1.63. The van der Waals surface area contributed by atoms with Gasteiger partial charge in [-0.15, -0.1) is 0 Å². The summed E-state index contributed by atoms with van der Waals surface area (Å²) in [6, 6.07) is 3.47. The number of urea groups is 1. The lowest BCUT2D eigenvalue weighted by molar-refractivity contribution is -0.122. The van der Waals surface area contributed by atoms with Crippen molar-refractivity contribution < 1.29 is 14.0 Å². The van der Waals surface area contributed by atoms with E-state index in [-0.39, 0.29) is 30.8 Å². The third-order valence-electron chi connectivity index (χ3n) is 2.48. The molecule has 0 saturated carbocycles. The van der Waals surface area contributed by atoms with Gasteiger partial charge in [0.05, 0.1) is 0 Å². The summed E-state index contributed by atoms with van der Waals surface area (Å²) in [5, 5.41) is 7.59. The van der Waals surface area contributed by atoms with Crippen LogP contribution < -0.4 is 16.0 Å². The Bertz CT molecular complexity index is 475. The zero-order valence-electron chi connectivity index (χ0n) is 9.30. The summed E-state index contributed by atoms with van der Waals surface area (Å²) in [6.45, 7) is 0.471. The number of benzene rings is 1. The molecule has 1 atom stereocenters. The minimum Gasteiger partial charge on any atom is -0.350 e. The van der Waals surface area contributed by atoms with E-state index in [1.807, 2.05) is 0 Å². The van der Waals surface area contributed by atoms with Crippen LogP contribution in [-0.2, 0) is 11.3 Å². The summed E-state index contributed by atoms with van der Waals surface area (Å²) < 4.78 is 13.7. The summed E-state index contributed by atoms with van der Waals surface area (Å²) in [4.78, 5) is 22.5. The molecule has 96 valence electrons. The molecule has 3 N–H and O–H groups in total. The Labute approximate surface area is 111 Å². The molecule has 1 saturated heterocycles. The second-order valence-electron chi connectivity index (χ2n) is 3.90. The normalized spacial score (nSPS) is 18.1. The first-order valence-corrected chi connectivity index (χ1v) is 6.11. The van der Waals surface area contributed by atoms with Crippen molar-refractivity contribution in [2.75, 3.05) is 6.54 Å². The van der Waals surface area contributed by atoms with Gasteiger partial charge in [-0.25, -0.2) is 9.18 Å². The van der Waals surface area contributed by atoms with Gasteiger partial charge in [-0.2, -0.15) is 0 Å². The molecule has 1 aliphatic heterocycles. The average molecular weight is 316 g/mol. The Morgan fingerprint density at radius 1 is 1.50 bits per heavy atom. The van der Waals surface area contributed by atoms with E-state index in [0.717, 1.165) is 0 Å². The molecular weight excluding hydrogens is 305 g/mol. The molecule has 1 aromatic rings. The fourth-order valence-electron chi connectivity index (χ4n) is 1.64. The van der Waals surface area contributed by atoms with E-state index < -0.39 is 6.04 Å². The number of carbonyl (C=O) groups is 2. The molecular formula is C11H11BrFN3O2. The molecule has 3 amide bonds. The van der Waals surface area contributed by atoms with E-state index in [1.54, 1.807) is 6.07 Å². The lowest BCUT2D eigenvalue weighted by Gasteiger charge is -2.10. The van der Waals surface area contributed by atoms with Gasteiger partial charge in [-0.3, -0.25) is 4.79 Å². The molecule has 0 spiro atoms. The number of halogens is 2. The van der Waals surface area contributed by atoms with Crippen molar-refractivity contribution in [3.63, 3.8) is 0 Å². The van der Waals surface area contributed by atoms with Gasteiger partial charge in [-0.1, -0.05) is 15.9 Å². The highest BCUT2D eigenvalue weighted by atomic mass is 79.9. The highest BCUT2D eigenvalue weighted by Gasteiger charge is 2.26. The summed E-state index contributed by atoms with van der Waals surface area (Å²) in [5.41, 5.74) is 0.646. The molecule has 1 fully saturated rings. The van der Waals surface area contributed by atoms with E-state index in [0.29, 0.717) is 10.0 Å². The Morgan fingerprint density at radius 3 is 2.89 bits per heavy atom. The van der Waals surface area contributed by atoms with Crippen LogP contribution >= 0.6 is 15.9 Å². The highest BCUT2D eigenvalue weighted by molar-refractivity contribution is 9.10. The van der Waals surface area contributed by atoms with Crippen LogP contribution in [0.1, 0.15) is 5.56 Å². The molecule has 18 heavy (non-hydrogen) atoms. The average Bonchev–Trinajstić information content (AvgIpc) is 2.71. The molecule has 1 aliphatic rings. The predicted molar refractivity (Wildman–Crippen MR) is 66.3 cm³/mol. The molecule has 0 aliphatic carbocycles. The predicted octanol–water partition coefficient (Wildman–Crippen LogP) is 0.886. The molecule has 1 aromatic carbocycles. The van der Waals surface area contributed by atoms with Crippen molar-refractivity contribution in [3.05, 3.63) is 34.1 Å². The third kappa shape index (κ3) is 3.19. The zero-order valence-corrected chi connectivity index (χ0v) is 10.9. The lowest BCUT2D eigenvalue weighted by Crippen LogP contribution is -2.42. The van der Waals surface area contributed by atoms with Crippen molar-refractivity contribution in [2.45, 2.75) is 12.6 Å². The third-order valence-corrected chi connectivity index (χ3v) is 2.94. The molecule has 7 heteroatoms. The maximum atomic E-state index is 13.1. The maximum absolute atomic E-state index is 13.1. The van der Waals surface area contributed by atoms with Gasteiger partial charge in [0.1, 0.15) is 11.9 Å². The van der Waals surface area contributed by atoms with E-state index >= 15 is 0 Å². The number of hydrogen-bond acceptors (Lipinski definition) is 2. The molecule has 0 bridgehead atoms. The lowest BCUT2D eigenvalue weighted by atomic mass is 10.2. The largest absolute Gasteiger partial charge is 0.350 e. The van der Waals surface area contributed by atoms with Gasteiger partial charge in [-0.05, 0) is 23.8 Å². The zero-order chi connectivity index (χ0) is 13.1. The SMILES string of the molecule is O=C1NC[C@@H](C(=O)NCc2cc(F)cc(Br)c2)N1. The first kappa shape index (κ1) is 12.8. The maximum Gasteiger partial charge on any atom is 0.315 e. The van der Waals surface area contributed by atoms with Gasteiger partial charge in [0, 0.05) is 17.6 Å². The van der Waals surface area contributed by atoms with Gasteiger partial charge in [0.15, 0.2) is 0 Å². The minimum absolute atomic E-state index is 0.210. The van der Waals surface area contributed by atoms with Crippen LogP contribution in [0.25, 0.3) is 0 Å². The topological polar surface area (TPSA) is 70.2 Å². The van der Waals surface area contributed by atoms with E-state index in [1.165, 1.54) is 12.1 Å².